The van der Waals surface area contributed by atoms with Gasteiger partial charge in [0.1, 0.15) is 11.5 Å². The number of ketones is 1. The molecule has 1 amide bonds. The first kappa shape index (κ1) is 27.4. The number of Topliss-reactive ketones (excluding diaryl/α,β-unsaturated/α-hetero) is 1. The average Bonchev–Trinajstić information content (AvgIpc) is 3.22. The second-order valence-corrected chi connectivity index (χ2v) is 11.4. The van der Waals surface area contributed by atoms with Gasteiger partial charge in [-0.2, -0.15) is 0 Å². The van der Waals surface area contributed by atoms with Crippen molar-refractivity contribution < 1.29 is 19.4 Å². The van der Waals surface area contributed by atoms with Gasteiger partial charge in [-0.25, -0.2) is 0 Å². The zero-order valence-corrected chi connectivity index (χ0v) is 23.7. The molecule has 0 spiro atoms. The third-order valence-corrected chi connectivity index (χ3v) is 7.78. The van der Waals surface area contributed by atoms with Crippen LogP contribution in [0.5, 0.6) is 5.75 Å². The molecule has 1 unspecified atom stereocenters. The van der Waals surface area contributed by atoms with Crippen LogP contribution in [0.15, 0.2) is 72.6 Å². The van der Waals surface area contributed by atoms with E-state index in [1.807, 2.05) is 36.4 Å². The molecule has 40 heavy (non-hydrogen) atoms. The molecular weight excluding hydrogens is 504 g/mol. The van der Waals surface area contributed by atoms with Gasteiger partial charge in [-0.15, -0.1) is 0 Å². The third kappa shape index (κ3) is 5.07. The van der Waals surface area contributed by atoms with Crippen LogP contribution in [-0.4, -0.2) is 67.0 Å². The molecule has 0 bridgehead atoms. The van der Waals surface area contributed by atoms with E-state index in [9.17, 15) is 14.7 Å². The number of carbonyl (C=O) groups excluding carboxylic acids is 2. The quantitative estimate of drug-likeness (QED) is 0.284. The van der Waals surface area contributed by atoms with Crippen molar-refractivity contribution in [1.82, 2.24) is 9.88 Å². The van der Waals surface area contributed by atoms with E-state index >= 15 is 0 Å². The molecule has 0 radical (unpaired) electrons. The summed E-state index contributed by atoms with van der Waals surface area (Å²) in [5, 5.41) is 11.7. The van der Waals surface area contributed by atoms with Crippen molar-refractivity contribution in [3.8, 4) is 5.75 Å². The maximum Gasteiger partial charge on any atom is 0.300 e. The summed E-state index contributed by atoms with van der Waals surface area (Å²) in [5.41, 5.74) is 3.47. The van der Waals surface area contributed by atoms with Crippen LogP contribution in [0.4, 0.5) is 11.4 Å². The minimum absolute atomic E-state index is 0.0173. The highest BCUT2D eigenvalue weighted by molar-refractivity contribution is 6.51. The largest absolute Gasteiger partial charge is 0.507 e. The Morgan fingerprint density at radius 3 is 2.15 bits per heavy atom. The van der Waals surface area contributed by atoms with Crippen molar-refractivity contribution >= 4 is 28.8 Å². The van der Waals surface area contributed by atoms with Crippen LogP contribution in [0.25, 0.3) is 5.76 Å². The maximum atomic E-state index is 13.6. The predicted molar refractivity (Wildman–Crippen MR) is 157 cm³/mol. The van der Waals surface area contributed by atoms with Crippen molar-refractivity contribution in [3.63, 3.8) is 0 Å². The summed E-state index contributed by atoms with van der Waals surface area (Å²) in [5.74, 6) is -1.28. The van der Waals surface area contributed by atoms with Gasteiger partial charge >= 0.3 is 0 Å². The summed E-state index contributed by atoms with van der Waals surface area (Å²) in [6, 6.07) is 16.0. The number of rotatable bonds is 5. The molecule has 2 aliphatic heterocycles. The Balaban J connectivity index is 1.62. The zero-order chi connectivity index (χ0) is 28.6. The summed E-state index contributed by atoms with van der Waals surface area (Å²) >= 11 is 0. The Morgan fingerprint density at radius 2 is 1.55 bits per heavy atom. The summed E-state index contributed by atoms with van der Waals surface area (Å²) in [7, 11) is 3.63. The molecule has 2 aromatic carbocycles. The molecular formula is C32H36N4O4. The number of hydrogen-bond donors (Lipinski definition) is 1. The predicted octanol–water partition coefficient (Wildman–Crippen LogP) is 4.77. The van der Waals surface area contributed by atoms with Crippen LogP contribution in [0, 0.1) is 0 Å². The van der Waals surface area contributed by atoms with E-state index in [2.05, 4.69) is 42.6 Å². The topological polar surface area (TPSA) is 86.2 Å². The first-order valence-electron chi connectivity index (χ1n) is 13.5. The summed E-state index contributed by atoms with van der Waals surface area (Å²) in [6.45, 7) is 10.0. The van der Waals surface area contributed by atoms with E-state index in [0.29, 0.717) is 22.6 Å². The Morgan fingerprint density at radius 1 is 0.925 bits per heavy atom. The Kier molecular flexibility index (Phi) is 7.38. The number of hydrogen-bond acceptors (Lipinski definition) is 7. The SMILES string of the molecule is COc1ccc(C(C)(C)C)cc1/C(O)=C1\C(=O)C(=O)N(c2ccc(N3CCN(C)CC3)cc2)C1c1ccncc1. The van der Waals surface area contributed by atoms with Crippen molar-refractivity contribution in [2.24, 2.45) is 0 Å². The standard InChI is InChI=1S/C32H36N4O4/c1-32(2,3)22-6-11-26(40-5)25(20-22)29(37)27-28(21-12-14-33-15-13-21)36(31(39)30(27)38)24-9-7-23(8-10-24)35-18-16-34(4)17-19-35/h6-15,20,28,37H,16-19H2,1-5H3/b29-27+. The molecule has 3 heterocycles. The van der Waals surface area contributed by atoms with Gasteiger partial charge in [-0.3, -0.25) is 19.5 Å². The molecule has 208 valence electrons. The van der Waals surface area contributed by atoms with E-state index in [0.717, 1.165) is 37.4 Å². The van der Waals surface area contributed by atoms with Crippen LogP contribution in [0.2, 0.25) is 0 Å². The second kappa shape index (κ2) is 10.8. The molecule has 1 N–H and O–H groups in total. The Labute approximate surface area is 235 Å². The number of ether oxygens (including phenoxy) is 1. The first-order valence-corrected chi connectivity index (χ1v) is 13.5. The molecule has 8 heteroatoms. The zero-order valence-electron chi connectivity index (χ0n) is 23.7. The van der Waals surface area contributed by atoms with E-state index in [1.54, 1.807) is 30.6 Å². The molecule has 2 fully saturated rings. The van der Waals surface area contributed by atoms with Crippen molar-refractivity contribution in [2.75, 3.05) is 50.1 Å². The fraction of sp³-hybridized carbons (Fsp3) is 0.344. The molecule has 8 nitrogen and oxygen atoms in total. The number of aliphatic hydroxyl groups is 1. The van der Waals surface area contributed by atoms with E-state index < -0.39 is 17.7 Å². The van der Waals surface area contributed by atoms with Gasteiger partial charge in [-0.05, 0) is 72.1 Å². The highest BCUT2D eigenvalue weighted by Crippen LogP contribution is 2.44. The number of amides is 1. The third-order valence-electron chi connectivity index (χ3n) is 7.78. The number of aliphatic hydroxyl groups excluding tert-OH is 1. The van der Waals surface area contributed by atoms with Gasteiger partial charge in [0.15, 0.2) is 0 Å². The lowest BCUT2D eigenvalue weighted by Gasteiger charge is -2.34. The maximum absolute atomic E-state index is 13.6. The first-order chi connectivity index (χ1) is 19.1. The number of nitrogens with zero attached hydrogens (tertiary/aromatic N) is 4. The highest BCUT2D eigenvalue weighted by Gasteiger charge is 2.47. The van der Waals surface area contributed by atoms with Gasteiger partial charge in [0.2, 0.25) is 0 Å². The molecule has 2 saturated heterocycles. The van der Waals surface area contributed by atoms with E-state index in [1.165, 1.54) is 12.0 Å². The average molecular weight is 541 g/mol. The number of pyridine rings is 1. The van der Waals surface area contributed by atoms with Crippen molar-refractivity contribution in [2.45, 2.75) is 32.2 Å². The fourth-order valence-corrected chi connectivity index (χ4v) is 5.35. The lowest BCUT2D eigenvalue weighted by molar-refractivity contribution is -0.132. The number of piperazine rings is 1. The van der Waals surface area contributed by atoms with Gasteiger partial charge in [0, 0.05) is 49.9 Å². The Bertz CT molecular complexity index is 1440. The number of carbonyl (C=O) groups is 2. The van der Waals surface area contributed by atoms with Crippen LogP contribution in [-0.2, 0) is 15.0 Å². The molecule has 3 aromatic rings. The number of benzene rings is 2. The monoisotopic (exact) mass is 540 g/mol. The van der Waals surface area contributed by atoms with Gasteiger partial charge in [0.25, 0.3) is 11.7 Å². The molecule has 0 saturated carbocycles. The van der Waals surface area contributed by atoms with Gasteiger partial charge in [-0.1, -0.05) is 26.8 Å². The van der Waals surface area contributed by atoms with E-state index in [4.69, 9.17) is 4.74 Å². The second-order valence-electron chi connectivity index (χ2n) is 11.4. The smallest absolute Gasteiger partial charge is 0.300 e. The molecule has 0 aliphatic carbocycles. The molecule has 5 rings (SSSR count). The van der Waals surface area contributed by atoms with Crippen LogP contribution >= 0.6 is 0 Å². The number of aromatic nitrogens is 1. The summed E-state index contributed by atoms with van der Waals surface area (Å²) in [4.78, 5) is 37.4. The minimum atomic E-state index is -0.833. The summed E-state index contributed by atoms with van der Waals surface area (Å²) < 4.78 is 5.56. The fourth-order valence-electron chi connectivity index (χ4n) is 5.35. The van der Waals surface area contributed by atoms with Gasteiger partial charge in [0.05, 0.1) is 24.3 Å². The molecule has 2 aliphatic rings. The highest BCUT2D eigenvalue weighted by atomic mass is 16.5. The number of likely N-dealkylation sites (N-methyl/N-ethyl adjacent to an activating group) is 1. The lowest BCUT2D eigenvalue weighted by Crippen LogP contribution is -2.44. The summed E-state index contributed by atoms with van der Waals surface area (Å²) in [6.07, 6.45) is 3.24. The van der Waals surface area contributed by atoms with E-state index in [-0.39, 0.29) is 16.7 Å². The van der Waals surface area contributed by atoms with Crippen LogP contribution < -0.4 is 14.5 Å². The minimum Gasteiger partial charge on any atom is -0.507 e. The van der Waals surface area contributed by atoms with Gasteiger partial charge < -0.3 is 19.6 Å². The number of methoxy groups -OCH3 is 1. The number of anilines is 2. The van der Waals surface area contributed by atoms with Crippen molar-refractivity contribution in [1.29, 1.82) is 0 Å². The van der Waals surface area contributed by atoms with Crippen LogP contribution in [0.3, 0.4) is 0 Å². The van der Waals surface area contributed by atoms with Crippen molar-refractivity contribution in [3.05, 3.63) is 89.3 Å². The normalized spacial score (nSPS) is 19.8. The molecule has 1 atom stereocenters. The Hall–Kier alpha value is -4.17. The van der Waals surface area contributed by atoms with Crippen LogP contribution in [0.1, 0.15) is 43.5 Å². The molecule has 1 aromatic heterocycles. The lowest BCUT2D eigenvalue weighted by atomic mass is 9.85.